The molecular formula is C20H21BrN2O3. The number of amides is 2. The second-order valence-electron chi connectivity index (χ2n) is 6.55. The summed E-state index contributed by atoms with van der Waals surface area (Å²) in [6.07, 6.45) is 0.187. The van der Waals surface area contributed by atoms with Crippen LogP contribution in [0.5, 0.6) is 5.75 Å². The second-order valence-corrected chi connectivity index (χ2v) is 7.41. The number of halogens is 1. The zero-order chi connectivity index (χ0) is 18.8. The predicted octanol–water partition coefficient (Wildman–Crippen LogP) is 4.07. The van der Waals surface area contributed by atoms with Crippen molar-refractivity contribution in [3.8, 4) is 5.75 Å². The molecule has 1 atom stereocenters. The summed E-state index contributed by atoms with van der Waals surface area (Å²) >= 11 is 3.46. The summed E-state index contributed by atoms with van der Waals surface area (Å²) in [6, 6.07) is 11.4. The molecule has 2 amide bonds. The first-order valence-electron chi connectivity index (χ1n) is 8.41. The van der Waals surface area contributed by atoms with E-state index in [0.717, 1.165) is 15.6 Å². The third-order valence-corrected chi connectivity index (χ3v) is 5.16. The normalized spacial score (nSPS) is 16.7. The van der Waals surface area contributed by atoms with Gasteiger partial charge in [-0.05, 0) is 65.2 Å². The number of nitrogens with one attached hydrogen (secondary N) is 1. The molecule has 5 nitrogen and oxygen atoms in total. The molecule has 0 radical (unpaired) electrons. The van der Waals surface area contributed by atoms with Crippen LogP contribution in [-0.2, 0) is 9.59 Å². The maximum atomic E-state index is 12.7. The van der Waals surface area contributed by atoms with Crippen LogP contribution in [0.3, 0.4) is 0 Å². The summed E-state index contributed by atoms with van der Waals surface area (Å²) in [4.78, 5) is 26.8. The zero-order valence-corrected chi connectivity index (χ0v) is 16.6. The number of carbonyl (C=O) groups is 2. The number of hydrogen-bond acceptors (Lipinski definition) is 3. The van der Waals surface area contributed by atoms with E-state index in [1.165, 1.54) is 0 Å². The molecule has 2 aromatic carbocycles. The minimum Gasteiger partial charge on any atom is -0.495 e. The molecule has 2 aromatic rings. The van der Waals surface area contributed by atoms with Crippen LogP contribution in [0.2, 0.25) is 0 Å². The predicted molar refractivity (Wildman–Crippen MR) is 106 cm³/mol. The number of methoxy groups -OCH3 is 1. The van der Waals surface area contributed by atoms with Gasteiger partial charge in [-0.1, -0.05) is 12.1 Å². The molecule has 1 aliphatic heterocycles. The van der Waals surface area contributed by atoms with Gasteiger partial charge in [0.1, 0.15) is 5.75 Å². The van der Waals surface area contributed by atoms with Gasteiger partial charge in [0, 0.05) is 17.4 Å². The SMILES string of the molecule is COc1ccc(C)cc1N1CC(C(=O)Nc2ccc(C)cc2Br)CC1=O. The topological polar surface area (TPSA) is 58.6 Å². The molecule has 136 valence electrons. The first-order chi connectivity index (χ1) is 12.4. The van der Waals surface area contributed by atoms with Crippen molar-refractivity contribution in [2.45, 2.75) is 20.3 Å². The zero-order valence-electron chi connectivity index (χ0n) is 15.0. The Balaban J connectivity index is 1.77. The number of anilines is 2. The van der Waals surface area contributed by atoms with Gasteiger partial charge in [0.15, 0.2) is 0 Å². The highest BCUT2D eigenvalue weighted by Gasteiger charge is 2.36. The molecule has 3 rings (SSSR count). The Labute approximate surface area is 161 Å². The van der Waals surface area contributed by atoms with E-state index < -0.39 is 5.92 Å². The number of aryl methyl sites for hydroxylation is 2. The Kier molecular flexibility index (Phi) is 5.32. The summed E-state index contributed by atoms with van der Waals surface area (Å²) in [5.41, 5.74) is 3.55. The van der Waals surface area contributed by atoms with Crippen molar-refractivity contribution in [1.29, 1.82) is 0 Å². The summed E-state index contributed by atoms with van der Waals surface area (Å²) in [5, 5.41) is 2.92. The molecule has 1 saturated heterocycles. The highest BCUT2D eigenvalue weighted by Crippen LogP contribution is 2.34. The lowest BCUT2D eigenvalue weighted by atomic mass is 10.1. The molecule has 0 spiro atoms. The molecule has 0 aromatic heterocycles. The molecule has 1 heterocycles. The number of benzene rings is 2. The number of rotatable bonds is 4. The van der Waals surface area contributed by atoms with Crippen molar-refractivity contribution >= 4 is 39.1 Å². The van der Waals surface area contributed by atoms with E-state index in [4.69, 9.17) is 4.74 Å². The van der Waals surface area contributed by atoms with Gasteiger partial charge < -0.3 is 15.0 Å². The highest BCUT2D eigenvalue weighted by atomic mass is 79.9. The van der Waals surface area contributed by atoms with E-state index >= 15 is 0 Å². The van der Waals surface area contributed by atoms with Gasteiger partial charge in [0.25, 0.3) is 0 Å². The van der Waals surface area contributed by atoms with Crippen LogP contribution >= 0.6 is 15.9 Å². The Bertz CT molecular complexity index is 866. The van der Waals surface area contributed by atoms with Crippen molar-refractivity contribution in [1.82, 2.24) is 0 Å². The van der Waals surface area contributed by atoms with Gasteiger partial charge in [0.2, 0.25) is 11.8 Å². The molecule has 1 unspecified atom stereocenters. The average molecular weight is 417 g/mol. The molecule has 0 aliphatic carbocycles. The molecule has 26 heavy (non-hydrogen) atoms. The Morgan fingerprint density at radius 3 is 2.58 bits per heavy atom. The largest absolute Gasteiger partial charge is 0.495 e. The van der Waals surface area contributed by atoms with Gasteiger partial charge in [-0.15, -0.1) is 0 Å². The van der Waals surface area contributed by atoms with E-state index in [9.17, 15) is 9.59 Å². The lowest BCUT2D eigenvalue weighted by molar-refractivity contribution is -0.122. The lowest BCUT2D eigenvalue weighted by Crippen LogP contribution is -2.28. The quantitative estimate of drug-likeness (QED) is 0.816. The average Bonchev–Trinajstić information content (AvgIpc) is 2.99. The molecule has 1 fully saturated rings. The van der Waals surface area contributed by atoms with E-state index in [1.54, 1.807) is 12.0 Å². The third-order valence-electron chi connectivity index (χ3n) is 4.50. The van der Waals surface area contributed by atoms with Crippen molar-refractivity contribution in [2.75, 3.05) is 23.9 Å². The second kappa shape index (κ2) is 7.50. The number of carbonyl (C=O) groups excluding carboxylic acids is 2. The number of nitrogens with zero attached hydrogens (tertiary/aromatic N) is 1. The minimum atomic E-state index is -0.402. The van der Waals surface area contributed by atoms with E-state index in [0.29, 0.717) is 23.7 Å². The highest BCUT2D eigenvalue weighted by molar-refractivity contribution is 9.10. The molecule has 6 heteroatoms. The van der Waals surface area contributed by atoms with Crippen LogP contribution in [0.15, 0.2) is 40.9 Å². The monoisotopic (exact) mass is 416 g/mol. The number of ether oxygens (including phenoxy) is 1. The van der Waals surface area contributed by atoms with E-state index in [1.807, 2.05) is 50.2 Å². The van der Waals surface area contributed by atoms with E-state index in [-0.39, 0.29) is 18.2 Å². The van der Waals surface area contributed by atoms with Crippen molar-refractivity contribution in [2.24, 2.45) is 5.92 Å². The Morgan fingerprint density at radius 2 is 1.88 bits per heavy atom. The summed E-state index contributed by atoms with van der Waals surface area (Å²) in [6.45, 7) is 4.29. The van der Waals surface area contributed by atoms with Crippen LogP contribution in [-0.4, -0.2) is 25.5 Å². The van der Waals surface area contributed by atoms with Crippen LogP contribution in [0.4, 0.5) is 11.4 Å². The minimum absolute atomic E-state index is 0.0722. The van der Waals surface area contributed by atoms with Gasteiger partial charge in [-0.25, -0.2) is 0 Å². The summed E-state index contributed by atoms with van der Waals surface area (Å²) in [7, 11) is 1.58. The van der Waals surface area contributed by atoms with Crippen LogP contribution < -0.4 is 15.0 Å². The number of hydrogen-bond donors (Lipinski definition) is 1. The fourth-order valence-electron chi connectivity index (χ4n) is 3.08. The lowest BCUT2D eigenvalue weighted by Gasteiger charge is -2.20. The van der Waals surface area contributed by atoms with Gasteiger partial charge >= 0.3 is 0 Å². The standard InChI is InChI=1S/C20H21BrN2O3/c1-12-4-6-16(15(21)8-12)22-20(25)14-10-19(24)23(11-14)17-9-13(2)5-7-18(17)26-3/h4-9,14H,10-11H2,1-3H3,(H,22,25). The summed E-state index contributed by atoms with van der Waals surface area (Å²) < 4.78 is 6.21. The van der Waals surface area contributed by atoms with Crippen LogP contribution in [0.25, 0.3) is 0 Å². The fourth-order valence-corrected chi connectivity index (χ4v) is 3.68. The summed E-state index contributed by atoms with van der Waals surface area (Å²) in [5.74, 6) is 0.00116. The Morgan fingerprint density at radius 1 is 1.19 bits per heavy atom. The van der Waals surface area contributed by atoms with Crippen LogP contribution in [0, 0.1) is 19.8 Å². The van der Waals surface area contributed by atoms with Gasteiger partial charge in [-0.2, -0.15) is 0 Å². The first kappa shape index (κ1) is 18.5. The van der Waals surface area contributed by atoms with Crippen LogP contribution in [0.1, 0.15) is 17.5 Å². The smallest absolute Gasteiger partial charge is 0.229 e. The third kappa shape index (κ3) is 3.75. The van der Waals surface area contributed by atoms with Crippen molar-refractivity contribution in [3.63, 3.8) is 0 Å². The molecular weight excluding hydrogens is 396 g/mol. The van der Waals surface area contributed by atoms with E-state index in [2.05, 4.69) is 21.2 Å². The van der Waals surface area contributed by atoms with Crippen molar-refractivity contribution in [3.05, 3.63) is 52.0 Å². The van der Waals surface area contributed by atoms with Crippen molar-refractivity contribution < 1.29 is 14.3 Å². The Hall–Kier alpha value is -2.34. The fraction of sp³-hybridized carbons (Fsp3) is 0.300. The molecule has 1 aliphatic rings. The van der Waals surface area contributed by atoms with Gasteiger partial charge in [0.05, 0.1) is 24.4 Å². The maximum Gasteiger partial charge on any atom is 0.229 e. The maximum absolute atomic E-state index is 12.7. The molecule has 1 N–H and O–H groups in total. The van der Waals surface area contributed by atoms with Gasteiger partial charge in [-0.3, -0.25) is 9.59 Å². The molecule has 0 bridgehead atoms. The molecule has 0 saturated carbocycles. The first-order valence-corrected chi connectivity index (χ1v) is 9.20.